The quantitative estimate of drug-likeness (QED) is 0.559. The third-order valence-corrected chi connectivity index (χ3v) is 1.43. The van der Waals surface area contributed by atoms with Crippen LogP contribution in [0, 0.1) is 5.92 Å². The minimum atomic E-state index is -0.935. The highest BCUT2D eigenvalue weighted by atomic mass is 19.1. The van der Waals surface area contributed by atoms with Gasteiger partial charge in [-0.25, -0.2) is 4.39 Å². The Morgan fingerprint density at radius 3 is 2.20 bits per heavy atom. The molecule has 0 radical (unpaired) electrons. The predicted octanol–water partition coefficient (Wildman–Crippen LogP) is 1.35. The molecule has 1 heterocycles. The molecule has 0 bridgehead atoms. The van der Waals surface area contributed by atoms with Crippen LogP contribution in [0.15, 0.2) is 0 Å². The molecule has 0 saturated carbocycles. The van der Waals surface area contributed by atoms with Crippen LogP contribution >= 0.6 is 0 Å². The summed E-state index contributed by atoms with van der Waals surface area (Å²) >= 11 is 0. The molecule has 1 saturated heterocycles. The number of hydrogen-bond acceptors (Lipinski definition) is 2. The molecule has 0 atom stereocenters. The van der Waals surface area contributed by atoms with E-state index >= 15 is 0 Å². The first kappa shape index (κ1) is 7.95. The lowest BCUT2D eigenvalue weighted by Crippen LogP contribution is -2.36. The fourth-order valence-electron chi connectivity index (χ4n) is 0.880. The molecular weight excluding hydrogens is 135 g/mol. The maximum atomic E-state index is 12.4. The summed E-state index contributed by atoms with van der Waals surface area (Å²) in [6, 6.07) is 0. The Bertz CT molecular complexity index is 97.8. The van der Waals surface area contributed by atoms with Gasteiger partial charge < -0.3 is 9.47 Å². The zero-order chi connectivity index (χ0) is 7.56. The summed E-state index contributed by atoms with van der Waals surface area (Å²) in [5.41, 5.74) is 0. The lowest BCUT2D eigenvalue weighted by atomic mass is 10.2. The van der Waals surface area contributed by atoms with Crippen molar-refractivity contribution in [2.24, 2.45) is 5.92 Å². The molecule has 1 rings (SSSR count). The first-order valence-corrected chi connectivity index (χ1v) is 3.57. The Kier molecular flexibility index (Phi) is 2.63. The van der Waals surface area contributed by atoms with E-state index in [-0.39, 0.29) is 19.5 Å². The maximum absolute atomic E-state index is 12.4. The average molecular weight is 148 g/mol. The van der Waals surface area contributed by atoms with Crippen LogP contribution in [0.4, 0.5) is 4.39 Å². The van der Waals surface area contributed by atoms with Gasteiger partial charge in [0.05, 0.1) is 13.2 Å². The van der Waals surface area contributed by atoms with E-state index in [1.165, 1.54) is 0 Å². The molecule has 0 aromatic rings. The van der Waals surface area contributed by atoms with Crippen molar-refractivity contribution < 1.29 is 13.9 Å². The highest BCUT2D eigenvalue weighted by molar-refractivity contribution is 4.62. The highest BCUT2D eigenvalue weighted by Crippen LogP contribution is 2.14. The van der Waals surface area contributed by atoms with E-state index in [9.17, 15) is 4.39 Å². The Labute approximate surface area is 60.3 Å². The zero-order valence-electron chi connectivity index (χ0n) is 6.34. The Balaban J connectivity index is 2.26. The third-order valence-electron chi connectivity index (χ3n) is 1.43. The summed E-state index contributed by atoms with van der Waals surface area (Å²) in [4.78, 5) is 0. The van der Waals surface area contributed by atoms with Crippen LogP contribution in [0.5, 0.6) is 0 Å². The lowest BCUT2D eigenvalue weighted by molar-refractivity contribution is -0.220. The van der Waals surface area contributed by atoms with Gasteiger partial charge in [0.1, 0.15) is 6.17 Å². The summed E-state index contributed by atoms with van der Waals surface area (Å²) in [7, 11) is 0. The van der Waals surface area contributed by atoms with Gasteiger partial charge in [-0.3, -0.25) is 0 Å². The number of halogens is 1. The van der Waals surface area contributed by atoms with Gasteiger partial charge in [-0.15, -0.1) is 0 Å². The largest absolute Gasteiger partial charge is 0.349 e. The van der Waals surface area contributed by atoms with Gasteiger partial charge in [-0.05, 0) is 0 Å². The molecule has 60 valence electrons. The number of ether oxygens (including phenoxy) is 2. The Morgan fingerprint density at radius 2 is 1.80 bits per heavy atom. The molecule has 0 aromatic heterocycles. The summed E-state index contributed by atoms with van der Waals surface area (Å²) in [5.74, 6) is 0.312. The van der Waals surface area contributed by atoms with Gasteiger partial charge in [0.25, 0.3) is 0 Å². The van der Waals surface area contributed by atoms with Gasteiger partial charge in [-0.1, -0.05) is 13.8 Å². The first-order chi connectivity index (χ1) is 4.70. The van der Waals surface area contributed by atoms with E-state index in [0.29, 0.717) is 5.92 Å². The Morgan fingerprint density at radius 1 is 1.30 bits per heavy atom. The molecule has 2 nitrogen and oxygen atoms in total. The zero-order valence-corrected chi connectivity index (χ0v) is 6.34. The van der Waals surface area contributed by atoms with Gasteiger partial charge in [0.2, 0.25) is 0 Å². The second kappa shape index (κ2) is 3.30. The van der Waals surface area contributed by atoms with Crippen molar-refractivity contribution in [1.29, 1.82) is 0 Å². The molecule has 0 spiro atoms. The van der Waals surface area contributed by atoms with Gasteiger partial charge in [0, 0.05) is 5.92 Å². The van der Waals surface area contributed by atoms with Crippen molar-refractivity contribution in [2.45, 2.75) is 26.3 Å². The van der Waals surface area contributed by atoms with Crippen LogP contribution in [0.25, 0.3) is 0 Å². The Hall–Kier alpha value is -0.150. The summed E-state index contributed by atoms with van der Waals surface area (Å²) in [5, 5.41) is 0. The van der Waals surface area contributed by atoms with Crippen molar-refractivity contribution >= 4 is 0 Å². The fourth-order valence-corrected chi connectivity index (χ4v) is 0.880. The predicted molar refractivity (Wildman–Crippen MR) is 35.4 cm³/mol. The molecule has 1 aliphatic heterocycles. The van der Waals surface area contributed by atoms with Crippen molar-refractivity contribution in [3.05, 3.63) is 0 Å². The molecule has 0 unspecified atom stereocenters. The lowest BCUT2D eigenvalue weighted by Gasteiger charge is -2.27. The van der Waals surface area contributed by atoms with E-state index in [1.54, 1.807) is 0 Å². The fraction of sp³-hybridized carbons (Fsp3) is 1.00. The highest BCUT2D eigenvalue weighted by Gasteiger charge is 2.23. The van der Waals surface area contributed by atoms with Gasteiger partial charge >= 0.3 is 0 Å². The van der Waals surface area contributed by atoms with E-state index in [1.807, 2.05) is 13.8 Å². The van der Waals surface area contributed by atoms with Crippen molar-refractivity contribution in [3.8, 4) is 0 Å². The van der Waals surface area contributed by atoms with Crippen LogP contribution in [-0.2, 0) is 9.47 Å². The molecular formula is C7H13FO2. The average Bonchev–Trinajstić information content (AvgIpc) is 1.88. The van der Waals surface area contributed by atoms with E-state index in [4.69, 9.17) is 9.47 Å². The smallest absolute Gasteiger partial charge is 0.160 e. The SMILES string of the molecule is CC(C)C1OCC(F)CO1. The summed E-state index contributed by atoms with van der Waals surface area (Å²) in [6.45, 7) is 4.35. The topological polar surface area (TPSA) is 18.5 Å². The molecule has 0 aromatic carbocycles. The van der Waals surface area contributed by atoms with Crippen LogP contribution < -0.4 is 0 Å². The minimum absolute atomic E-state index is 0.183. The van der Waals surface area contributed by atoms with E-state index in [2.05, 4.69) is 0 Å². The summed E-state index contributed by atoms with van der Waals surface area (Å²) < 4.78 is 22.5. The minimum Gasteiger partial charge on any atom is -0.349 e. The molecule has 0 N–H and O–H groups in total. The first-order valence-electron chi connectivity index (χ1n) is 3.57. The second-order valence-corrected chi connectivity index (χ2v) is 2.88. The van der Waals surface area contributed by atoms with Crippen molar-refractivity contribution in [2.75, 3.05) is 13.2 Å². The van der Waals surface area contributed by atoms with Crippen LogP contribution in [0.1, 0.15) is 13.8 Å². The van der Waals surface area contributed by atoms with Crippen LogP contribution in [0.2, 0.25) is 0 Å². The number of hydrogen-bond donors (Lipinski definition) is 0. The third kappa shape index (κ3) is 1.92. The maximum Gasteiger partial charge on any atom is 0.160 e. The standard InChI is InChI=1S/C7H13FO2/c1-5(2)7-9-3-6(8)4-10-7/h5-7H,3-4H2,1-2H3. The molecule has 0 amide bonds. The van der Waals surface area contributed by atoms with Crippen molar-refractivity contribution in [1.82, 2.24) is 0 Å². The molecule has 3 heteroatoms. The summed E-state index contributed by atoms with van der Waals surface area (Å²) in [6.07, 6.45) is -1.14. The number of alkyl halides is 1. The van der Waals surface area contributed by atoms with E-state index < -0.39 is 6.17 Å². The molecule has 1 fully saturated rings. The molecule has 0 aliphatic carbocycles. The van der Waals surface area contributed by atoms with E-state index in [0.717, 1.165) is 0 Å². The van der Waals surface area contributed by atoms with Crippen molar-refractivity contribution in [3.63, 3.8) is 0 Å². The molecule has 1 aliphatic rings. The molecule has 10 heavy (non-hydrogen) atoms. The van der Waals surface area contributed by atoms with Gasteiger partial charge in [0.15, 0.2) is 6.29 Å². The monoisotopic (exact) mass is 148 g/mol. The normalized spacial score (nSPS) is 34.8. The van der Waals surface area contributed by atoms with Gasteiger partial charge in [-0.2, -0.15) is 0 Å². The van der Waals surface area contributed by atoms with Crippen LogP contribution in [0.3, 0.4) is 0 Å². The second-order valence-electron chi connectivity index (χ2n) is 2.88. The van der Waals surface area contributed by atoms with Crippen LogP contribution in [-0.4, -0.2) is 25.7 Å². The number of rotatable bonds is 1.